The van der Waals surface area contributed by atoms with E-state index in [2.05, 4.69) is 10.5 Å². The first-order chi connectivity index (χ1) is 18.4. The van der Waals surface area contributed by atoms with E-state index < -0.39 is 65.4 Å². The Balaban J connectivity index is 1.81. The van der Waals surface area contributed by atoms with E-state index in [1.807, 2.05) is 0 Å². The third kappa shape index (κ3) is 4.74. The molecule has 1 aromatic carbocycles. The number of nitrogens with zero attached hydrogens (tertiary/aromatic N) is 2. The van der Waals surface area contributed by atoms with E-state index in [9.17, 15) is 39.6 Å². The van der Waals surface area contributed by atoms with Crippen molar-refractivity contribution in [1.82, 2.24) is 10.5 Å². The number of phenolic OH excluding ortho intramolecular Hbond substituents is 1. The summed E-state index contributed by atoms with van der Waals surface area (Å²) in [5.41, 5.74) is 3.50. The van der Waals surface area contributed by atoms with E-state index in [-0.39, 0.29) is 48.3 Å². The van der Waals surface area contributed by atoms with Gasteiger partial charge in [-0.3, -0.25) is 19.2 Å². The third-order valence-electron chi connectivity index (χ3n) is 7.38. The van der Waals surface area contributed by atoms with Crippen LogP contribution in [-0.2, 0) is 27.3 Å². The van der Waals surface area contributed by atoms with Crippen molar-refractivity contribution in [3.8, 4) is 5.75 Å². The van der Waals surface area contributed by atoms with Crippen LogP contribution in [0.2, 0.25) is 0 Å². The minimum Gasteiger partial charge on any atom is -0.507 e. The van der Waals surface area contributed by atoms with Gasteiger partial charge in [0.1, 0.15) is 11.5 Å². The van der Waals surface area contributed by atoms with Crippen LogP contribution in [0, 0.1) is 11.8 Å². The van der Waals surface area contributed by atoms with Crippen LogP contribution >= 0.6 is 0 Å². The van der Waals surface area contributed by atoms with Crippen molar-refractivity contribution < 1.29 is 44.1 Å². The molecule has 0 radical (unpaired) electrons. The van der Waals surface area contributed by atoms with Crippen LogP contribution in [0.1, 0.15) is 46.5 Å². The highest BCUT2D eigenvalue weighted by Crippen LogP contribution is 2.51. The van der Waals surface area contributed by atoms with E-state index >= 15 is 0 Å². The average molecular weight is 543 g/mol. The van der Waals surface area contributed by atoms with Crippen LogP contribution in [0.15, 0.2) is 28.4 Å². The standard InChI is InChI=1S/C26H30N4O9/c1-30(2)16-9-13(11-28-25(37)17-3-5-29-39-17)22(34)21-15(16)8-12-7-14(4-6-31)26(38,18(32)10-19(27)33)24(36)20(12)23(21)35/h3,5,9,12,14,31,34-35,38H,4,6-8,10-11H2,1-2H3,(H2,27,33)(H,28,37)/t12-,14-,26-/m1/s1. The summed E-state index contributed by atoms with van der Waals surface area (Å²) in [5, 5.41) is 49.6. The highest BCUT2D eigenvalue weighted by molar-refractivity contribution is 6.23. The summed E-state index contributed by atoms with van der Waals surface area (Å²) in [7, 11) is 3.50. The van der Waals surface area contributed by atoms with Crippen molar-refractivity contribution in [3.63, 3.8) is 0 Å². The molecule has 0 unspecified atom stereocenters. The molecule has 13 nitrogen and oxygen atoms in total. The van der Waals surface area contributed by atoms with Crippen molar-refractivity contribution in [2.75, 3.05) is 25.6 Å². The fraction of sp³-hybridized carbons (Fsp3) is 0.423. The van der Waals surface area contributed by atoms with E-state index in [4.69, 9.17) is 10.3 Å². The largest absolute Gasteiger partial charge is 0.507 e. The molecule has 1 heterocycles. The number of nitrogens with one attached hydrogen (secondary N) is 1. The number of nitrogens with two attached hydrogens (primary N) is 1. The normalized spacial score (nSPS) is 22.2. The Bertz CT molecular complexity index is 1370. The number of hydrogen-bond donors (Lipinski definition) is 6. The van der Waals surface area contributed by atoms with Gasteiger partial charge in [0.15, 0.2) is 11.4 Å². The molecular weight excluding hydrogens is 512 g/mol. The fourth-order valence-electron chi connectivity index (χ4n) is 5.55. The van der Waals surface area contributed by atoms with Gasteiger partial charge < -0.3 is 40.9 Å². The van der Waals surface area contributed by atoms with E-state index in [1.165, 1.54) is 12.3 Å². The minimum absolute atomic E-state index is 0.0433. The first-order valence-electron chi connectivity index (χ1n) is 12.3. The topological polar surface area (TPSA) is 217 Å². The minimum atomic E-state index is -2.68. The summed E-state index contributed by atoms with van der Waals surface area (Å²) in [6, 6.07) is 3.01. The molecule has 1 aromatic heterocycles. The number of carbonyl (C=O) groups is 4. The van der Waals surface area contributed by atoms with Gasteiger partial charge in [0.05, 0.1) is 18.2 Å². The maximum atomic E-state index is 13.7. The van der Waals surface area contributed by atoms with Gasteiger partial charge in [-0.2, -0.15) is 0 Å². The summed E-state index contributed by atoms with van der Waals surface area (Å²) in [5.74, 6) is -6.55. The Hall–Kier alpha value is -4.23. The second-order valence-electron chi connectivity index (χ2n) is 9.98. The summed E-state index contributed by atoms with van der Waals surface area (Å²) < 4.78 is 4.83. The lowest BCUT2D eigenvalue weighted by molar-refractivity contribution is -0.159. The zero-order valence-corrected chi connectivity index (χ0v) is 21.4. The number of anilines is 1. The molecule has 39 heavy (non-hydrogen) atoms. The highest BCUT2D eigenvalue weighted by Gasteiger charge is 2.57. The van der Waals surface area contributed by atoms with Gasteiger partial charge in [-0.1, -0.05) is 5.16 Å². The van der Waals surface area contributed by atoms with E-state index in [1.54, 1.807) is 25.1 Å². The number of primary amides is 1. The number of ketones is 2. The average Bonchev–Trinajstić information content (AvgIpc) is 3.41. The van der Waals surface area contributed by atoms with Gasteiger partial charge in [-0.25, -0.2) is 0 Å². The van der Waals surface area contributed by atoms with Crippen LogP contribution in [0.25, 0.3) is 5.76 Å². The summed E-state index contributed by atoms with van der Waals surface area (Å²) >= 11 is 0. The smallest absolute Gasteiger partial charge is 0.290 e. The molecule has 0 bridgehead atoms. The number of aromatic nitrogens is 1. The van der Waals surface area contributed by atoms with Crippen molar-refractivity contribution in [2.45, 2.75) is 37.8 Å². The zero-order valence-electron chi connectivity index (χ0n) is 21.4. The van der Waals surface area contributed by atoms with Crippen molar-refractivity contribution in [2.24, 2.45) is 17.6 Å². The summed E-state index contributed by atoms with van der Waals surface area (Å²) in [4.78, 5) is 52.1. The SMILES string of the molecule is CN(C)c1cc(CNC(=O)c2ccno2)c(O)c2c1C[C@H]1C[C@@H](CCO)[C@@](O)(C(=O)CC(N)=O)C(=O)C1=C2O. The van der Waals surface area contributed by atoms with Gasteiger partial charge in [0.25, 0.3) is 5.91 Å². The predicted octanol–water partition coefficient (Wildman–Crippen LogP) is -0.0354. The number of aliphatic hydroxyl groups excluding tert-OH is 2. The monoisotopic (exact) mass is 542 g/mol. The molecule has 0 spiro atoms. The molecule has 2 aliphatic carbocycles. The number of phenols is 1. The predicted molar refractivity (Wildman–Crippen MR) is 135 cm³/mol. The number of amides is 2. The first-order valence-corrected chi connectivity index (χ1v) is 12.3. The van der Waals surface area contributed by atoms with Crippen molar-refractivity contribution in [3.05, 3.63) is 46.4 Å². The molecule has 3 atom stereocenters. The van der Waals surface area contributed by atoms with Crippen molar-refractivity contribution >= 4 is 34.8 Å². The maximum Gasteiger partial charge on any atom is 0.290 e. The molecule has 1 fully saturated rings. The second-order valence-corrected chi connectivity index (χ2v) is 9.98. The Kier molecular flexibility index (Phi) is 7.48. The fourth-order valence-corrected chi connectivity index (χ4v) is 5.55. The van der Waals surface area contributed by atoms with Crippen LogP contribution < -0.4 is 16.0 Å². The molecule has 1 saturated carbocycles. The molecule has 2 aliphatic rings. The van der Waals surface area contributed by atoms with Gasteiger partial charge in [-0.05, 0) is 36.8 Å². The van der Waals surface area contributed by atoms with Gasteiger partial charge >= 0.3 is 0 Å². The number of rotatable bonds is 9. The van der Waals surface area contributed by atoms with Crippen molar-refractivity contribution in [1.29, 1.82) is 0 Å². The van der Waals surface area contributed by atoms with Gasteiger partial charge in [0, 0.05) is 56.1 Å². The number of benzene rings is 1. The van der Waals surface area contributed by atoms with Crippen LogP contribution in [0.5, 0.6) is 5.75 Å². The lowest BCUT2D eigenvalue weighted by Gasteiger charge is -2.44. The lowest BCUT2D eigenvalue weighted by atomic mass is 9.61. The van der Waals surface area contributed by atoms with E-state index in [0.717, 1.165) is 0 Å². The molecule has 2 amide bonds. The number of carbonyl (C=O) groups excluding carboxylic acids is 4. The first kappa shape index (κ1) is 27.8. The van der Waals surface area contributed by atoms with Crippen LogP contribution in [0.4, 0.5) is 5.69 Å². The van der Waals surface area contributed by atoms with Gasteiger partial charge in [-0.15, -0.1) is 0 Å². The van der Waals surface area contributed by atoms with Crippen LogP contribution in [-0.4, -0.2) is 75.3 Å². The second kappa shape index (κ2) is 10.5. The van der Waals surface area contributed by atoms with Gasteiger partial charge in [0.2, 0.25) is 17.5 Å². The Labute approximate surface area is 222 Å². The number of aromatic hydroxyl groups is 1. The Morgan fingerprint density at radius 1 is 1.28 bits per heavy atom. The molecule has 0 aliphatic heterocycles. The summed E-state index contributed by atoms with van der Waals surface area (Å²) in [6.07, 6.45) is 0.533. The molecule has 13 heteroatoms. The zero-order chi connectivity index (χ0) is 28.6. The van der Waals surface area contributed by atoms with Crippen LogP contribution in [0.3, 0.4) is 0 Å². The molecular formula is C26H30N4O9. The third-order valence-corrected chi connectivity index (χ3v) is 7.38. The molecule has 0 saturated heterocycles. The number of hydrogen-bond acceptors (Lipinski definition) is 11. The molecule has 4 rings (SSSR count). The molecule has 2 aromatic rings. The molecule has 7 N–H and O–H groups in total. The number of aliphatic hydroxyl groups is 3. The number of Topliss-reactive ketones (excluding diaryl/α,β-unsaturated/α-hetero) is 2. The Morgan fingerprint density at radius 3 is 2.59 bits per heavy atom. The quantitative estimate of drug-likeness (QED) is 0.231. The lowest BCUT2D eigenvalue weighted by Crippen LogP contribution is -2.59. The summed E-state index contributed by atoms with van der Waals surface area (Å²) in [6.45, 7) is -0.593. The highest BCUT2D eigenvalue weighted by atomic mass is 16.5. The maximum absolute atomic E-state index is 13.7. The van der Waals surface area contributed by atoms with E-state index in [0.29, 0.717) is 11.3 Å². The molecule has 208 valence electrons. The number of fused-ring (bicyclic) bond motifs is 2. The Morgan fingerprint density at radius 2 is 2.00 bits per heavy atom.